The second-order valence-electron chi connectivity index (χ2n) is 4.32. The summed E-state index contributed by atoms with van der Waals surface area (Å²) in [4.78, 5) is 11.9. The Morgan fingerprint density at radius 2 is 2.32 bits per heavy atom. The Hall–Kier alpha value is -2.14. The Morgan fingerprint density at radius 3 is 3.00 bits per heavy atom. The Bertz CT molecular complexity index is 563. The van der Waals surface area contributed by atoms with Crippen LogP contribution < -0.4 is 5.32 Å². The van der Waals surface area contributed by atoms with E-state index in [-0.39, 0.29) is 18.3 Å². The molecule has 1 heterocycles. The van der Waals surface area contributed by atoms with Gasteiger partial charge in [0.25, 0.3) is 5.91 Å². The zero-order chi connectivity index (χ0) is 13.7. The zero-order valence-electron chi connectivity index (χ0n) is 10.7. The maximum atomic E-state index is 11.9. The summed E-state index contributed by atoms with van der Waals surface area (Å²) in [5.41, 5.74) is 2.48. The number of nitrogens with zero attached hydrogens (tertiary/aromatic N) is 1. The SMILES string of the molecule is Cc1cnoc1C(=O)Nc1cccc(CCCO)c1. The molecule has 0 aliphatic heterocycles. The van der Waals surface area contributed by atoms with Gasteiger partial charge in [0.2, 0.25) is 5.76 Å². The van der Waals surface area contributed by atoms with Crippen LogP contribution in [0, 0.1) is 6.92 Å². The molecule has 1 aromatic heterocycles. The number of aliphatic hydroxyl groups is 1. The average molecular weight is 260 g/mol. The van der Waals surface area contributed by atoms with Gasteiger partial charge in [-0.3, -0.25) is 4.79 Å². The van der Waals surface area contributed by atoms with Crippen molar-refractivity contribution >= 4 is 11.6 Å². The van der Waals surface area contributed by atoms with E-state index in [0.29, 0.717) is 17.7 Å². The Balaban J connectivity index is 2.07. The molecule has 1 aromatic carbocycles. The fourth-order valence-electron chi connectivity index (χ4n) is 1.78. The van der Waals surface area contributed by atoms with Crippen molar-refractivity contribution in [3.05, 3.63) is 47.3 Å². The van der Waals surface area contributed by atoms with Crippen molar-refractivity contribution < 1.29 is 14.4 Å². The predicted octanol–water partition coefficient (Wildman–Crippen LogP) is 2.16. The first-order valence-corrected chi connectivity index (χ1v) is 6.13. The summed E-state index contributed by atoms with van der Waals surface area (Å²) in [7, 11) is 0. The lowest BCUT2D eigenvalue weighted by molar-refractivity contribution is 0.0987. The number of nitrogens with one attached hydrogen (secondary N) is 1. The summed E-state index contributed by atoms with van der Waals surface area (Å²) in [6, 6.07) is 7.53. The van der Waals surface area contributed by atoms with Crippen LogP contribution in [0.4, 0.5) is 5.69 Å². The van der Waals surface area contributed by atoms with E-state index in [0.717, 1.165) is 12.0 Å². The van der Waals surface area contributed by atoms with Crippen LogP contribution in [0.1, 0.15) is 28.1 Å². The highest BCUT2D eigenvalue weighted by Gasteiger charge is 2.14. The lowest BCUT2D eigenvalue weighted by Crippen LogP contribution is -2.12. The first kappa shape index (κ1) is 13.3. The molecule has 19 heavy (non-hydrogen) atoms. The van der Waals surface area contributed by atoms with E-state index in [1.165, 1.54) is 6.20 Å². The van der Waals surface area contributed by atoms with E-state index in [2.05, 4.69) is 10.5 Å². The minimum absolute atomic E-state index is 0.161. The first-order valence-electron chi connectivity index (χ1n) is 6.13. The summed E-state index contributed by atoms with van der Waals surface area (Å²) in [5, 5.41) is 15.2. The molecule has 1 amide bonds. The number of anilines is 1. The lowest BCUT2D eigenvalue weighted by atomic mass is 10.1. The third-order valence-electron chi connectivity index (χ3n) is 2.76. The number of benzene rings is 1. The van der Waals surface area contributed by atoms with Gasteiger partial charge in [-0.2, -0.15) is 0 Å². The van der Waals surface area contributed by atoms with Crippen LogP contribution in [0.2, 0.25) is 0 Å². The van der Waals surface area contributed by atoms with Crippen molar-refractivity contribution in [2.24, 2.45) is 0 Å². The number of aliphatic hydroxyl groups excluding tert-OH is 1. The number of carbonyl (C=O) groups excluding carboxylic acids is 1. The largest absolute Gasteiger partial charge is 0.396 e. The fourth-order valence-corrected chi connectivity index (χ4v) is 1.78. The highest BCUT2D eigenvalue weighted by molar-refractivity contribution is 6.03. The molecule has 0 aliphatic rings. The van der Waals surface area contributed by atoms with Crippen LogP contribution in [-0.2, 0) is 6.42 Å². The van der Waals surface area contributed by atoms with Gasteiger partial charge >= 0.3 is 0 Å². The quantitative estimate of drug-likeness (QED) is 0.863. The van der Waals surface area contributed by atoms with Crippen LogP contribution >= 0.6 is 0 Å². The van der Waals surface area contributed by atoms with E-state index in [4.69, 9.17) is 9.63 Å². The highest BCUT2D eigenvalue weighted by Crippen LogP contribution is 2.14. The number of amides is 1. The van der Waals surface area contributed by atoms with Gasteiger partial charge in [0.1, 0.15) is 0 Å². The minimum Gasteiger partial charge on any atom is -0.396 e. The molecular weight excluding hydrogens is 244 g/mol. The first-order chi connectivity index (χ1) is 9.20. The van der Waals surface area contributed by atoms with Crippen molar-refractivity contribution in [3.63, 3.8) is 0 Å². The van der Waals surface area contributed by atoms with Crippen LogP contribution in [0.15, 0.2) is 35.0 Å². The Labute approximate surface area is 111 Å². The molecule has 5 heteroatoms. The number of aryl methyl sites for hydroxylation is 2. The van der Waals surface area contributed by atoms with Crippen LogP contribution in [0.3, 0.4) is 0 Å². The molecule has 0 bridgehead atoms. The molecule has 0 atom stereocenters. The zero-order valence-corrected chi connectivity index (χ0v) is 10.7. The van der Waals surface area contributed by atoms with Crippen molar-refractivity contribution in [1.29, 1.82) is 0 Å². The van der Waals surface area contributed by atoms with Crippen molar-refractivity contribution in [2.75, 3.05) is 11.9 Å². The molecule has 100 valence electrons. The molecular formula is C14H16N2O3. The molecule has 0 saturated heterocycles. The summed E-state index contributed by atoms with van der Waals surface area (Å²) in [5.74, 6) is -0.0879. The van der Waals surface area contributed by atoms with E-state index >= 15 is 0 Å². The Morgan fingerprint density at radius 1 is 1.47 bits per heavy atom. The van der Waals surface area contributed by atoms with Crippen LogP contribution in [0.25, 0.3) is 0 Å². The predicted molar refractivity (Wildman–Crippen MR) is 71.0 cm³/mol. The van der Waals surface area contributed by atoms with E-state index in [9.17, 15) is 4.79 Å². The second kappa shape index (κ2) is 6.15. The monoisotopic (exact) mass is 260 g/mol. The van der Waals surface area contributed by atoms with Gasteiger partial charge < -0.3 is 14.9 Å². The van der Waals surface area contributed by atoms with E-state index < -0.39 is 0 Å². The third-order valence-corrected chi connectivity index (χ3v) is 2.76. The minimum atomic E-state index is -0.311. The molecule has 0 aliphatic carbocycles. The number of carbonyl (C=O) groups is 1. The maximum absolute atomic E-state index is 11.9. The molecule has 0 radical (unpaired) electrons. The number of rotatable bonds is 5. The number of aromatic nitrogens is 1. The number of hydrogen-bond donors (Lipinski definition) is 2. The standard InChI is InChI=1S/C14H16N2O3/c1-10-9-15-19-13(10)14(18)16-12-6-2-4-11(8-12)5-3-7-17/h2,4,6,8-9,17H,3,5,7H2,1H3,(H,16,18). The van der Waals surface area contributed by atoms with E-state index in [1.807, 2.05) is 24.3 Å². The Kier molecular flexibility index (Phi) is 4.30. The fraction of sp³-hybridized carbons (Fsp3) is 0.286. The summed E-state index contributed by atoms with van der Waals surface area (Å²) in [6.07, 6.45) is 2.99. The van der Waals surface area contributed by atoms with Crippen molar-refractivity contribution in [2.45, 2.75) is 19.8 Å². The van der Waals surface area contributed by atoms with Crippen molar-refractivity contribution in [3.8, 4) is 0 Å². The molecule has 2 rings (SSSR count). The van der Waals surface area contributed by atoms with Gasteiger partial charge in [-0.1, -0.05) is 17.3 Å². The van der Waals surface area contributed by atoms with Crippen LogP contribution in [-0.4, -0.2) is 22.8 Å². The molecule has 0 unspecified atom stereocenters. The summed E-state index contributed by atoms with van der Waals surface area (Å²) in [6.45, 7) is 1.93. The highest BCUT2D eigenvalue weighted by atomic mass is 16.5. The molecule has 0 fully saturated rings. The average Bonchev–Trinajstić information content (AvgIpc) is 2.83. The summed E-state index contributed by atoms with van der Waals surface area (Å²) < 4.78 is 4.90. The second-order valence-corrected chi connectivity index (χ2v) is 4.32. The molecule has 2 aromatic rings. The van der Waals surface area contributed by atoms with Gasteiger partial charge in [0.15, 0.2) is 0 Å². The third kappa shape index (κ3) is 3.42. The van der Waals surface area contributed by atoms with Gasteiger partial charge in [-0.05, 0) is 37.5 Å². The summed E-state index contributed by atoms with van der Waals surface area (Å²) >= 11 is 0. The maximum Gasteiger partial charge on any atom is 0.294 e. The van der Waals surface area contributed by atoms with Gasteiger partial charge in [-0.15, -0.1) is 0 Å². The number of hydrogen-bond acceptors (Lipinski definition) is 4. The van der Waals surface area contributed by atoms with Crippen molar-refractivity contribution in [1.82, 2.24) is 5.16 Å². The smallest absolute Gasteiger partial charge is 0.294 e. The normalized spacial score (nSPS) is 10.4. The molecule has 5 nitrogen and oxygen atoms in total. The molecule has 0 spiro atoms. The lowest BCUT2D eigenvalue weighted by Gasteiger charge is -2.06. The van der Waals surface area contributed by atoms with Gasteiger partial charge in [0.05, 0.1) is 6.20 Å². The van der Waals surface area contributed by atoms with Crippen LogP contribution in [0.5, 0.6) is 0 Å². The van der Waals surface area contributed by atoms with Gasteiger partial charge in [-0.25, -0.2) is 0 Å². The molecule has 2 N–H and O–H groups in total. The topological polar surface area (TPSA) is 75.4 Å². The van der Waals surface area contributed by atoms with E-state index in [1.54, 1.807) is 6.92 Å². The molecule has 0 saturated carbocycles. The van der Waals surface area contributed by atoms with Gasteiger partial charge in [0, 0.05) is 17.9 Å².